The fraction of sp³-hybridized carbons (Fsp3) is 0.385. The predicted octanol–water partition coefficient (Wildman–Crippen LogP) is 1.14. The molecule has 6 heteroatoms. The smallest absolute Gasteiger partial charge is 0.241 e. The Labute approximate surface area is 113 Å². The molecule has 19 heavy (non-hydrogen) atoms. The van der Waals surface area contributed by atoms with E-state index in [1.165, 1.54) is 12.1 Å². The molecule has 1 unspecified atom stereocenters. The molecule has 1 aromatic rings. The third-order valence-electron chi connectivity index (χ3n) is 2.99. The van der Waals surface area contributed by atoms with E-state index in [0.717, 1.165) is 12.8 Å². The highest BCUT2D eigenvalue weighted by Crippen LogP contribution is 2.14. The molecule has 103 valence electrons. The zero-order valence-corrected chi connectivity index (χ0v) is 11.6. The van der Waals surface area contributed by atoms with Crippen molar-refractivity contribution in [1.29, 1.82) is 0 Å². The number of likely N-dealkylation sites (tertiary alicyclic amines) is 1. The van der Waals surface area contributed by atoms with Crippen LogP contribution in [0.15, 0.2) is 35.2 Å². The quantitative estimate of drug-likeness (QED) is 0.900. The van der Waals surface area contributed by atoms with Crippen LogP contribution < -0.4 is 4.72 Å². The van der Waals surface area contributed by atoms with Gasteiger partial charge >= 0.3 is 0 Å². The highest BCUT2D eigenvalue weighted by Gasteiger charge is 2.27. The molecule has 1 aromatic carbocycles. The summed E-state index contributed by atoms with van der Waals surface area (Å²) in [6, 6.07) is 7.28. The van der Waals surface area contributed by atoms with E-state index in [1.54, 1.807) is 30.0 Å². The van der Waals surface area contributed by atoms with Crippen LogP contribution >= 0.6 is 0 Å². The van der Waals surface area contributed by atoms with E-state index in [9.17, 15) is 13.2 Å². The van der Waals surface area contributed by atoms with E-state index < -0.39 is 16.1 Å². The van der Waals surface area contributed by atoms with Crippen molar-refractivity contribution in [1.82, 2.24) is 9.62 Å². The maximum atomic E-state index is 12.1. The van der Waals surface area contributed by atoms with Crippen LogP contribution in [-0.4, -0.2) is 31.8 Å². The predicted molar refractivity (Wildman–Crippen MR) is 71.5 cm³/mol. The van der Waals surface area contributed by atoms with Gasteiger partial charge in [-0.25, -0.2) is 8.42 Å². The van der Waals surface area contributed by atoms with Crippen LogP contribution in [0, 0.1) is 6.54 Å². The Kier molecular flexibility index (Phi) is 4.21. The average Bonchev–Trinajstić information content (AvgIpc) is 2.92. The first-order chi connectivity index (χ1) is 9.00. The third kappa shape index (κ3) is 3.33. The molecule has 0 spiro atoms. The molecule has 2 rings (SSSR count). The molecule has 5 nitrogen and oxygen atoms in total. The SMILES string of the molecule is CC(NS(=O)(=O)c1ccccc1)C(=O)N1[CH]CCC1. The average molecular weight is 281 g/mol. The van der Waals surface area contributed by atoms with E-state index in [-0.39, 0.29) is 10.8 Å². The van der Waals surface area contributed by atoms with Crippen molar-refractivity contribution in [3.05, 3.63) is 36.9 Å². The Morgan fingerprint density at radius 2 is 2.00 bits per heavy atom. The molecule has 1 aliphatic rings. The van der Waals surface area contributed by atoms with Crippen molar-refractivity contribution < 1.29 is 13.2 Å². The lowest BCUT2D eigenvalue weighted by Gasteiger charge is -2.20. The molecule has 1 atom stereocenters. The minimum absolute atomic E-state index is 0.167. The number of hydrogen-bond acceptors (Lipinski definition) is 3. The standard InChI is InChI=1S/C13H17N2O3S/c1-11(13(16)15-9-5-6-10-15)14-19(17,18)12-7-3-2-4-8-12/h2-4,7-9,11,14H,5-6,10H2,1H3. The highest BCUT2D eigenvalue weighted by molar-refractivity contribution is 7.89. The van der Waals surface area contributed by atoms with Crippen LogP contribution in [-0.2, 0) is 14.8 Å². The molecule has 1 radical (unpaired) electrons. The molecule has 0 bridgehead atoms. The van der Waals surface area contributed by atoms with Crippen molar-refractivity contribution in [3.8, 4) is 0 Å². The normalized spacial score (nSPS) is 17.4. The Morgan fingerprint density at radius 1 is 1.32 bits per heavy atom. The van der Waals surface area contributed by atoms with Gasteiger partial charge in [-0.3, -0.25) is 4.79 Å². The summed E-state index contributed by atoms with van der Waals surface area (Å²) in [6.45, 7) is 4.04. The largest absolute Gasteiger partial charge is 0.336 e. The van der Waals surface area contributed by atoms with Gasteiger partial charge < -0.3 is 4.90 Å². The number of nitrogens with one attached hydrogen (secondary N) is 1. The van der Waals surface area contributed by atoms with Crippen molar-refractivity contribution in [3.63, 3.8) is 0 Å². The van der Waals surface area contributed by atoms with Crippen LogP contribution in [0.1, 0.15) is 19.8 Å². The summed E-state index contributed by atoms with van der Waals surface area (Å²) in [7, 11) is -3.65. The summed E-state index contributed by atoms with van der Waals surface area (Å²) in [4.78, 5) is 13.8. The molecular formula is C13H17N2O3S. The molecule has 1 saturated heterocycles. The molecule has 1 aliphatic heterocycles. The lowest BCUT2D eigenvalue weighted by atomic mass is 10.3. The van der Waals surface area contributed by atoms with Crippen molar-refractivity contribution in [2.45, 2.75) is 30.7 Å². The monoisotopic (exact) mass is 281 g/mol. The summed E-state index contributed by atoms with van der Waals surface area (Å²) < 4.78 is 26.5. The zero-order chi connectivity index (χ0) is 13.9. The van der Waals surface area contributed by atoms with Crippen LogP contribution in [0.5, 0.6) is 0 Å². The van der Waals surface area contributed by atoms with Gasteiger partial charge in [0, 0.05) is 6.54 Å². The van der Waals surface area contributed by atoms with E-state index in [1.807, 2.05) is 6.54 Å². The second-order valence-corrected chi connectivity index (χ2v) is 6.23. The molecule has 1 amide bonds. The molecule has 1 heterocycles. The maximum Gasteiger partial charge on any atom is 0.241 e. The number of benzene rings is 1. The summed E-state index contributed by atoms with van der Waals surface area (Å²) in [5.41, 5.74) is 0. The Balaban J connectivity index is 2.06. The fourth-order valence-corrected chi connectivity index (χ4v) is 3.22. The van der Waals surface area contributed by atoms with Gasteiger partial charge in [0.15, 0.2) is 0 Å². The minimum Gasteiger partial charge on any atom is -0.336 e. The second kappa shape index (κ2) is 5.71. The van der Waals surface area contributed by atoms with Crippen molar-refractivity contribution in [2.75, 3.05) is 6.54 Å². The number of hydrogen-bond donors (Lipinski definition) is 1. The van der Waals surface area contributed by atoms with Crippen LogP contribution in [0.2, 0.25) is 0 Å². The first-order valence-electron chi connectivity index (χ1n) is 6.22. The Bertz CT molecular complexity index is 536. The van der Waals surface area contributed by atoms with Gasteiger partial charge in [-0.2, -0.15) is 4.72 Å². The first-order valence-corrected chi connectivity index (χ1v) is 7.70. The second-order valence-electron chi connectivity index (χ2n) is 4.51. The summed E-state index contributed by atoms with van der Waals surface area (Å²) >= 11 is 0. The van der Waals surface area contributed by atoms with Gasteiger partial charge in [-0.05, 0) is 31.9 Å². The van der Waals surface area contributed by atoms with E-state index in [0.29, 0.717) is 6.54 Å². The van der Waals surface area contributed by atoms with Gasteiger partial charge in [-0.15, -0.1) is 0 Å². The molecule has 0 saturated carbocycles. The van der Waals surface area contributed by atoms with Gasteiger partial charge in [0.25, 0.3) is 0 Å². The molecular weight excluding hydrogens is 264 g/mol. The summed E-state index contributed by atoms with van der Waals surface area (Å²) in [6.07, 6.45) is 1.80. The number of sulfonamides is 1. The van der Waals surface area contributed by atoms with E-state index in [2.05, 4.69) is 4.72 Å². The number of nitrogens with zero attached hydrogens (tertiary/aromatic N) is 1. The van der Waals surface area contributed by atoms with Crippen LogP contribution in [0.3, 0.4) is 0 Å². The number of carbonyl (C=O) groups excluding carboxylic acids is 1. The fourth-order valence-electron chi connectivity index (χ4n) is 2.00. The third-order valence-corrected chi connectivity index (χ3v) is 4.55. The summed E-state index contributed by atoms with van der Waals surface area (Å²) in [5, 5.41) is 0. The van der Waals surface area contributed by atoms with Gasteiger partial charge in [-0.1, -0.05) is 18.2 Å². The number of rotatable bonds is 4. The molecule has 1 fully saturated rings. The molecule has 0 aromatic heterocycles. The van der Waals surface area contributed by atoms with Crippen LogP contribution in [0.25, 0.3) is 0 Å². The number of carbonyl (C=O) groups is 1. The van der Waals surface area contributed by atoms with Gasteiger partial charge in [0.2, 0.25) is 15.9 Å². The van der Waals surface area contributed by atoms with Crippen LogP contribution in [0.4, 0.5) is 0 Å². The topological polar surface area (TPSA) is 66.5 Å². The number of amides is 1. The lowest BCUT2D eigenvalue weighted by molar-refractivity contribution is -0.130. The Hall–Kier alpha value is -1.40. The van der Waals surface area contributed by atoms with E-state index >= 15 is 0 Å². The van der Waals surface area contributed by atoms with Crippen molar-refractivity contribution >= 4 is 15.9 Å². The lowest BCUT2D eigenvalue weighted by Crippen LogP contribution is -2.44. The maximum absolute atomic E-state index is 12.1. The first kappa shape index (κ1) is 14.0. The van der Waals surface area contributed by atoms with E-state index in [4.69, 9.17) is 0 Å². The highest BCUT2D eigenvalue weighted by atomic mass is 32.2. The zero-order valence-electron chi connectivity index (χ0n) is 10.7. The molecule has 1 N–H and O–H groups in total. The summed E-state index contributed by atoms with van der Waals surface area (Å²) in [5.74, 6) is -0.211. The Morgan fingerprint density at radius 3 is 2.58 bits per heavy atom. The van der Waals surface area contributed by atoms with Crippen molar-refractivity contribution in [2.24, 2.45) is 0 Å². The van der Waals surface area contributed by atoms with Gasteiger partial charge in [0.1, 0.15) is 0 Å². The minimum atomic E-state index is -3.65. The van der Waals surface area contributed by atoms with Gasteiger partial charge in [0.05, 0.1) is 17.5 Å². The molecule has 0 aliphatic carbocycles.